The number of pyridine rings is 1. The zero-order valence-electron chi connectivity index (χ0n) is 17.0. The van der Waals surface area contributed by atoms with E-state index in [0.29, 0.717) is 44.3 Å². The summed E-state index contributed by atoms with van der Waals surface area (Å²) in [6.07, 6.45) is 1.60. The first kappa shape index (κ1) is 20.9. The van der Waals surface area contributed by atoms with Crippen LogP contribution in [0.5, 0.6) is 11.6 Å². The fourth-order valence-corrected chi connectivity index (χ4v) is 3.17. The molecule has 2 aromatic rings. The van der Waals surface area contributed by atoms with Crippen molar-refractivity contribution >= 4 is 11.7 Å². The molecular formula is C21H27FN4O3. The van der Waals surface area contributed by atoms with Crippen LogP contribution in [0, 0.1) is 5.82 Å². The van der Waals surface area contributed by atoms with Crippen molar-refractivity contribution in [3.05, 3.63) is 47.9 Å². The van der Waals surface area contributed by atoms with Crippen LogP contribution in [0.25, 0.3) is 0 Å². The maximum absolute atomic E-state index is 13.9. The Morgan fingerprint density at radius 3 is 2.66 bits per heavy atom. The molecule has 0 unspecified atom stereocenters. The Morgan fingerprint density at radius 2 is 2.00 bits per heavy atom. The number of hydrogen-bond acceptors (Lipinski definition) is 5. The highest BCUT2D eigenvalue weighted by molar-refractivity contribution is 5.90. The number of ether oxygens (including phenoxy) is 2. The second kappa shape index (κ2) is 9.56. The topological polar surface area (TPSA) is 66.9 Å². The van der Waals surface area contributed by atoms with E-state index < -0.39 is 0 Å². The number of halogens is 1. The Labute approximate surface area is 170 Å². The van der Waals surface area contributed by atoms with Gasteiger partial charge in [0.15, 0.2) is 11.6 Å². The van der Waals surface area contributed by atoms with Gasteiger partial charge in [0.05, 0.1) is 13.2 Å². The third-order valence-corrected chi connectivity index (χ3v) is 4.64. The van der Waals surface area contributed by atoms with Gasteiger partial charge in [-0.1, -0.05) is 6.07 Å². The molecule has 3 rings (SSSR count). The van der Waals surface area contributed by atoms with Gasteiger partial charge in [-0.3, -0.25) is 4.90 Å². The fraction of sp³-hybridized carbons (Fsp3) is 0.429. The van der Waals surface area contributed by atoms with Crippen molar-refractivity contribution in [2.24, 2.45) is 0 Å². The molecular weight excluding hydrogens is 375 g/mol. The minimum absolute atomic E-state index is 0.0353. The van der Waals surface area contributed by atoms with Crippen LogP contribution in [0.1, 0.15) is 19.4 Å². The molecule has 29 heavy (non-hydrogen) atoms. The Hall–Kier alpha value is -2.87. The van der Waals surface area contributed by atoms with Crippen molar-refractivity contribution in [2.75, 3.05) is 38.6 Å². The van der Waals surface area contributed by atoms with Gasteiger partial charge in [0.25, 0.3) is 0 Å². The Morgan fingerprint density at radius 1 is 1.24 bits per heavy atom. The van der Waals surface area contributed by atoms with Gasteiger partial charge in [-0.05, 0) is 43.7 Å². The van der Waals surface area contributed by atoms with E-state index in [1.54, 1.807) is 29.3 Å². The highest BCUT2D eigenvalue weighted by Crippen LogP contribution is 2.23. The lowest BCUT2D eigenvalue weighted by Gasteiger charge is -2.34. The van der Waals surface area contributed by atoms with Crippen LogP contribution in [0.15, 0.2) is 36.5 Å². The number of carbonyl (C=O) groups excluding carboxylic acids is 1. The van der Waals surface area contributed by atoms with E-state index in [0.717, 1.165) is 5.56 Å². The number of benzene rings is 1. The lowest BCUT2D eigenvalue weighted by molar-refractivity contribution is 0.142. The van der Waals surface area contributed by atoms with E-state index >= 15 is 0 Å². The number of hydrogen-bond donors (Lipinski definition) is 1. The van der Waals surface area contributed by atoms with Gasteiger partial charge in [0.1, 0.15) is 5.69 Å². The molecule has 1 aromatic carbocycles. The standard InChI is InChI=1S/C21H27FN4O3/c1-15(2)29-20-18(5-4-8-23-20)24-21(27)26-11-9-25(10-12-26)14-16-6-7-19(28-3)17(22)13-16/h4-8,13,15H,9-12,14H2,1-3H3,(H,24,27). The molecule has 1 aliphatic rings. The van der Waals surface area contributed by atoms with Crippen LogP contribution in [-0.4, -0.2) is 60.2 Å². The molecule has 0 aliphatic carbocycles. The number of anilines is 1. The molecule has 1 saturated heterocycles. The number of aromatic nitrogens is 1. The first-order valence-corrected chi connectivity index (χ1v) is 9.68. The molecule has 2 heterocycles. The monoisotopic (exact) mass is 402 g/mol. The Balaban J connectivity index is 1.53. The smallest absolute Gasteiger partial charge is 0.322 e. The summed E-state index contributed by atoms with van der Waals surface area (Å²) in [5.74, 6) is 0.293. The molecule has 7 nitrogen and oxygen atoms in total. The maximum Gasteiger partial charge on any atom is 0.322 e. The summed E-state index contributed by atoms with van der Waals surface area (Å²) in [4.78, 5) is 20.8. The molecule has 2 amide bonds. The van der Waals surface area contributed by atoms with Crippen molar-refractivity contribution < 1.29 is 18.7 Å². The number of rotatable bonds is 6. The normalized spacial score (nSPS) is 14.7. The molecule has 0 radical (unpaired) electrons. The van der Waals surface area contributed by atoms with Crippen LogP contribution >= 0.6 is 0 Å². The number of urea groups is 1. The van der Waals surface area contributed by atoms with E-state index in [-0.39, 0.29) is 23.7 Å². The average Bonchev–Trinajstić information content (AvgIpc) is 2.70. The number of amides is 2. The summed E-state index contributed by atoms with van der Waals surface area (Å²) in [7, 11) is 1.45. The quantitative estimate of drug-likeness (QED) is 0.803. The first-order chi connectivity index (χ1) is 14.0. The zero-order chi connectivity index (χ0) is 20.8. The summed E-state index contributed by atoms with van der Waals surface area (Å²) in [6.45, 7) is 7.05. The molecule has 0 spiro atoms. The summed E-state index contributed by atoms with van der Waals surface area (Å²) in [5, 5.41) is 2.89. The Kier molecular flexibility index (Phi) is 6.87. The molecule has 1 fully saturated rings. The molecule has 156 valence electrons. The van der Waals surface area contributed by atoms with E-state index in [9.17, 15) is 9.18 Å². The molecule has 8 heteroatoms. The SMILES string of the molecule is COc1ccc(CN2CCN(C(=O)Nc3cccnc3OC(C)C)CC2)cc1F. The summed E-state index contributed by atoms with van der Waals surface area (Å²) in [6, 6.07) is 8.35. The van der Waals surface area contributed by atoms with Crippen LogP contribution in [-0.2, 0) is 6.54 Å². The first-order valence-electron chi connectivity index (χ1n) is 9.68. The van der Waals surface area contributed by atoms with Crippen LogP contribution in [0.2, 0.25) is 0 Å². The number of nitrogens with one attached hydrogen (secondary N) is 1. The lowest BCUT2D eigenvalue weighted by Crippen LogP contribution is -2.49. The predicted octanol–water partition coefficient (Wildman–Crippen LogP) is 3.37. The highest BCUT2D eigenvalue weighted by Gasteiger charge is 2.22. The van der Waals surface area contributed by atoms with Gasteiger partial charge in [-0.15, -0.1) is 0 Å². The van der Waals surface area contributed by atoms with Crippen LogP contribution < -0.4 is 14.8 Å². The van der Waals surface area contributed by atoms with Crippen LogP contribution in [0.3, 0.4) is 0 Å². The van der Waals surface area contributed by atoms with Gasteiger partial charge in [-0.2, -0.15) is 0 Å². The van der Waals surface area contributed by atoms with Gasteiger partial charge >= 0.3 is 6.03 Å². The van der Waals surface area contributed by atoms with E-state index in [2.05, 4.69) is 15.2 Å². The maximum atomic E-state index is 13.9. The predicted molar refractivity (Wildman–Crippen MR) is 109 cm³/mol. The summed E-state index contributed by atoms with van der Waals surface area (Å²) < 4.78 is 24.5. The van der Waals surface area contributed by atoms with E-state index in [4.69, 9.17) is 9.47 Å². The molecule has 1 aromatic heterocycles. The van der Waals surface area contributed by atoms with Crippen molar-refractivity contribution in [1.29, 1.82) is 0 Å². The molecule has 0 saturated carbocycles. The van der Waals surface area contributed by atoms with Gasteiger partial charge < -0.3 is 19.7 Å². The molecule has 1 N–H and O–H groups in total. The third kappa shape index (κ3) is 5.57. The van der Waals surface area contributed by atoms with Crippen molar-refractivity contribution in [3.8, 4) is 11.6 Å². The van der Waals surface area contributed by atoms with Crippen LogP contribution in [0.4, 0.5) is 14.9 Å². The van der Waals surface area contributed by atoms with Gasteiger partial charge in [0.2, 0.25) is 5.88 Å². The van der Waals surface area contributed by atoms with E-state index in [1.807, 2.05) is 19.9 Å². The third-order valence-electron chi connectivity index (χ3n) is 4.64. The van der Waals surface area contributed by atoms with Gasteiger partial charge in [0, 0.05) is 38.9 Å². The molecule has 0 atom stereocenters. The molecule has 1 aliphatic heterocycles. The number of nitrogens with zero attached hydrogens (tertiary/aromatic N) is 3. The van der Waals surface area contributed by atoms with E-state index in [1.165, 1.54) is 13.2 Å². The summed E-state index contributed by atoms with van der Waals surface area (Å²) in [5.41, 5.74) is 1.44. The summed E-state index contributed by atoms with van der Waals surface area (Å²) >= 11 is 0. The van der Waals surface area contributed by atoms with Crippen molar-refractivity contribution in [2.45, 2.75) is 26.5 Å². The zero-order valence-corrected chi connectivity index (χ0v) is 17.0. The number of methoxy groups -OCH3 is 1. The average molecular weight is 402 g/mol. The largest absolute Gasteiger partial charge is 0.494 e. The number of carbonyl (C=O) groups is 1. The fourth-order valence-electron chi connectivity index (χ4n) is 3.17. The second-order valence-electron chi connectivity index (χ2n) is 7.18. The van der Waals surface area contributed by atoms with Crippen molar-refractivity contribution in [3.63, 3.8) is 0 Å². The second-order valence-corrected chi connectivity index (χ2v) is 7.18. The highest BCUT2D eigenvalue weighted by atomic mass is 19.1. The van der Waals surface area contributed by atoms with Crippen molar-refractivity contribution in [1.82, 2.24) is 14.8 Å². The number of piperazine rings is 1. The Bertz CT molecular complexity index is 838. The minimum Gasteiger partial charge on any atom is -0.494 e. The molecule has 0 bridgehead atoms. The minimum atomic E-state index is -0.362. The van der Waals surface area contributed by atoms with Gasteiger partial charge in [-0.25, -0.2) is 14.2 Å². The lowest BCUT2D eigenvalue weighted by atomic mass is 10.2.